The molecule has 33 heavy (non-hydrogen) atoms. The van der Waals surface area contributed by atoms with Crippen molar-refractivity contribution in [3.05, 3.63) is 77.0 Å². The highest BCUT2D eigenvalue weighted by molar-refractivity contribution is 5.88. The second kappa shape index (κ2) is 9.01. The summed E-state index contributed by atoms with van der Waals surface area (Å²) >= 11 is 0. The molecule has 2 aromatic carbocycles. The van der Waals surface area contributed by atoms with Gasteiger partial charge in [0.25, 0.3) is 0 Å². The van der Waals surface area contributed by atoms with Crippen LogP contribution >= 0.6 is 0 Å². The van der Waals surface area contributed by atoms with E-state index in [4.69, 9.17) is 9.72 Å². The van der Waals surface area contributed by atoms with Crippen LogP contribution in [0.1, 0.15) is 22.4 Å². The van der Waals surface area contributed by atoms with Crippen molar-refractivity contribution in [2.24, 2.45) is 0 Å². The molecule has 0 spiro atoms. The molecule has 8 nitrogen and oxygen atoms in total. The van der Waals surface area contributed by atoms with Crippen molar-refractivity contribution in [1.82, 2.24) is 19.4 Å². The molecule has 0 saturated carbocycles. The number of carbonyl (C=O) groups excluding carboxylic acids is 1. The maximum absolute atomic E-state index is 12.3. The first-order valence-electron chi connectivity index (χ1n) is 10.5. The zero-order valence-corrected chi connectivity index (χ0v) is 19.0. The van der Waals surface area contributed by atoms with E-state index in [0.717, 1.165) is 22.2 Å². The molecular weight excluding hydrogens is 416 g/mol. The van der Waals surface area contributed by atoms with Gasteiger partial charge in [0.1, 0.15) is 5.82 Å². The largest absolute Gasteiger partial charge is 0.416 e. The van der Waals surface area contributed by atoms with Crippen LogP contribution in [0.4, 0.5) is 10.6 Å². The number of fused-ring (bicyclic) bond motifs is 1. The number of anilines is 1. The Bertz CT molecular complexity index is 1370. The summed E-state index contributed by atoms with van der Waals surface area (Å²) in [7, 11) is 3.22. The summed E-state index contributed by atoms with van der Waals surface area (Å²) in [6.07, 6.45) is -0.530. The summed E-state index contributed by atoms with van der Waals surface area (Å²) in [4.78, 5) is 23.0. The average molecular weight is 441 g/mol. The van der Waals surface area contributed by atoms with Gasteiger partial charge in [-0.1, -0.05) is 36.4 Å². The summed E-state index contributed by atoms with van der Waals surface area (Å²) in [6, 6.07) is 19.6. The lowest BCUT2D eigenvalue weighted by Crippen LogP contribution is -2.26. The van der Waals surface area contributed by atoms with Gasteiger partial charge in [0, 0.05) is 31.7 Å². The van der Waals surface area contributed by atoms with Crippen molar-refractivity contribution in [3.63, 3.8) is 0 Å². The van der Waals surface area contributed by atoms with Crippen LogP contribution in [0.25, 0.3) is 16.9 Å². The van der Waals surface area contributed by atoms with Crippen molar-refractivity contribution in [2.75, 3.05) is 19.4 Å². The van der Waals surface area contributed by atoms with Gasteiger partial charge >= 0.3 is 6.09 Å². The minimum absolute atomic E-state index is 0.173. The Kier molecular flexibility index (Phi) is 5.96. The van der Waals surface area contributed by atoms with E-state index in [9.17, 15) is 10.1 Å². The lowest BCUT2D eigenvalue weighted by atomic mass is 10.1. The van der Waals surface area contributed by atoms with Crippen LogP contribution in [0.15, 0.2) is 54.6 Å². The number of ether oxygens (including phenoxy) is 1. The van der Waals surface area contributed by atoms with Gasteiger partial charge in [0.05, 0.1) is 22.7 Å². The molecular formula is C25H24N6O2. The molecule has 0 aliphatic carbocycles. The first-order chi connectivity index (χ1) is 15.9. The first kappa shape index (κ1) is 21.8. The van der Waals surface area contributed by atoms with E-state index in [2.05, 4.69) is 16.4 Å². The fraction of sp³-hybridized carbons (Fsp3) is 0.200. The molecule has 4 aromatic rings. The monoisotopic (exact) mass is 440 g/mol. The number of nitrogens with one attached hydrogen (secondary N) is 1. The quantitative estimate of drug-likeness (QED) is 0.488. The number of aromatic nitrogens is 3. The minimum atomic E-state index is -0.530. The van der Waals surface area contributed by atoms with Crippen LogP contribution in [0.3, 0.4) is 0 Å². The second-order valence-electron chi connectivity index (χ2n) is 7.88. The molecule has 0 saturated heterocycles. The number of benzene rings is 2. The summed E-state index contributed by atoms with van der Waals surface area (Å²) in [6.45, 7) is 4.28. The second-order valence-corrected chi connectivity index (χ2v) is 7.88. The number of nitriles is 1. The molecule has 2 heterocycles. The van der Waals surface area contributed by atoms with Gasteiger partial charge in [0.15, 0.2) is 0 Å². The zero-order chi connectivity index (χ0) is 23.5. The SMILES string of the molecule is Cc1c(NCc2ccccc2)nc(-n2c(C)cc3c(C#N)cccc32)nc1OC(=O)N(C)C. The van der Waals surface area contributed by atoms with Crippen LogP contribution in [0, 0.1) is 25.2 Å². The summed E-state index contributed by atoms with van der Waals surface area (Å²) in [5, 5.41) is 13.7. The number of hydrogen-bond acceptors (Lipinski definition) is 6. The maximum atomic E-state index is 12.3. The Morgan fingerprint density at radius 2 is 1.88 bits per heavy atom. The van der Waals surface area contributed by atoms with Gasteiger partial charge in [-0.25, -0.2) is 4.79 Å². The van der Waals surface area contributed by atoms with Crippen LogP contribution < -0.4 is 10.1 Å². The standard InChI is InChI=1S/C25H24N6O2/c1-16-13-20-19(14-26)11-8-12-21(20)31(16)24-28-22(27-15-18-9-6-5-7-10-18)17(2)23(29-24)33-25(32)30(3)4/h5-13H,15H2,1-4H3,(H,27,28,29). The number of aryl methyl sites for hydroxylation is 1. The van der Waals surface area contributed by atoms with Gasteiger partial charge in [-0.3, -0.25) is 4.57 Å². The number of hydrogen-bond donors (Lipinski definition) is 1. The number of nitrogens with zero attached hydrogens (tertiary/aromatic N) is 5. The average Bonchev–Trinajstić information content (AvgIpc) is 3.16. The fourth-order valence-electron chi connectivity index (χ4n) is 3.54. The third-order valence-electron chi connectivity index (χ3n) is 5.29. The van der Waals surface area contributed by atoms with Crippen molar-refractivity contribution >= 4 is 22.8 Å². The van der Waals surface area contributed by atoms with E-state index in [0.29, 0.717) is 29.4 Å². The predicted molar refractivity (Wildman–Crippen MR) is 127 cm³/mol. The maximum Gasteiger partial charge on any atom is 0.416 e. The first-order valence-corrected chi connectivity index (χ1v) is 10.5. The molecule has 0 aliphatic heterocycles. The van der Waals surface area contributed by atoms with Crippen LogP contribution in [0.5, 0.6) is 5.88 Å². The molecule has 166 valence electrons. The molecule has 1 amide bonds. The lowest BCUT2D eigenvalue weighted by molar-refractivity contribution is 0.169. The Morgan fingerprint density at radius 1 is 1.12 bits per heavy atom. The third-order valence-corrected chi connectivity index (χ3v) is 5.29. The Hall–Kier alpha value is -4.38. The van der Waals surface area contributed by atoms with E-state index in [1.165, 1.54) is 4.90 Å². The highest BCUT2D eigenvalue weighted by atomic mass is 16.6. The molecule has 0 bridgehead atoms. The number of rotatable bonds is 5. The van der Waals surface area contributed by atoms with Crippen LogP contribution in [-0.4, -0.2) is 39.6 Å². The van der Waals surface area contributed by atoms with Gasteiger partial charge in [-0.05, 0) is 37.6 Å². The Balaban J connectivity index is 1.84. The van der Waals surface area contributed by atoms with Crippen molar-refractivity contribution in [1.29, 1.82) is 5.26 Å². The smallest absolute Gasteiger partial charge is 0.391 e. The third kappa shape index (κ3) is 4.34. The van der Waals surface area contributed by atoms with E-state index >= 15 is 0 Å². The van der Waals surface area contributed by atoms with Gasteiger partial charge in [0.2, 0.25) is 11.8 Å². The summed E-state index contributed by atoms with van der Waals surface area (Å²) < 4.78 is 7.42. The van der Waals surface area contributed by atoms with E-state index in [-0.39, 0.29) is 5.88 Å². The van der Waals surface area contributed by atoms with E-state index < -0.39 is 6.09 Å². The van der Waals surface area contributed by atoms with Crippen molar-refractivity contribution in [3.8, 4) is 17.9 Å². The number of carbonyl (C=O) groups is 1. The zero-order valence-electron chi connectivity index (χ0n) is 19.0. The lowest BCUT2D eigenvalue weighted by Gasteiger charge is -2.17. The molecule has 2 aromatic heterocycles. The molecule has 0 aliphatic rings. The molecule has 0 radical (unpaired) electrons. The Labute approximate surface area is 192 Å². The highest BCUT2D eigenvalue weighted by Gasteiger charge is 2.20. The van der Waals surface area contributed by atoms with Gasteiger partial charge in [-0.2, -0.15) is 15.2 Å². The Morgan fingerprint density at radius 3 is 2.58 bits per heavy atom. The van der Waals surface area contributed by atoms with Gasteiger partial charge in [-0.15, -0.1) is 0 Å². The molecule has 1 N–H and O–H groups in total. The normalized spacial score (nSPS) is 10.6. The predicted octanol–water partition coefficient (Wildman–Crippen LogP) is 4.58. The topological polar surface area (TPSA) is 96.1 Å². The molecule has 0 atom stereocenters. The van der Waals surface area contributed by atoms with Crippen molar-refractivity contribution in [2.45, 2.75) is 20.4 Å². The van der Waals surface area contributed by atoms with E-state index in [1.54, 1.807) is 20.2 Å². The highest BCUT2D eigenvalue weighted by Crippen LogP contribution is 2.29. The number of amides is 1. The molecule has 8 heteroatoms. The summed E-state index contributed by atoms with van der Waals surface area (Å²) in [5.74, 6) is 1.08. The van der Waals surface area contributed by atoms with Crippen molar-refractivity contribution < 1.29 is 9.53 Å². The minimum Gasteiger partial charge on any atom is -0.391 e. The molecule has 0 fully saturated rings. The molecule has 0 unspecified atom stereocenters. The molecule has 4 rings (SSSR count). The fourth-order valence-corrected chi connectivity index (χ4v) is 3.54. The van der Waals surface area contributed by atoms with E-state index in [1.807, 2.05) is 66.9 Å². The van der Waals surface area contributed by atoms with Gasteiger partial charge < -0.3 is 15.0 Å². The van der Waals surface area contributed by atoms with Crippen LogP contribution in [0.2, 0.25) is 0 Å². The van der Waals surface area contributed by atoms with Crippen LogP contribution in [-0.2, 0) is 6.54 Å². The summed E-state index contributed by atoms with van der Waals surface area (Å²) in [5.41, 5.74) is 3.94.